The normalized spacial score (nSPS) is 10.6. The van der Waals surface area contributed by atoms with Crippen LogP contribution in [-0.4, -0.2) is 16.1 Å². The summed E-state index contributed by atoms with van der Waals surface area (Å²) in [5.74, 6) is 0.877. The number of H-pyrrole nitrogens is 1. The third-order valence-electron chi connectivity index (χ3n) is 2.43. The molecule has 0 aliphatic carbocycles. The molecule has 0 aliphatic heterocycles. The van der Waals surface area contributed by atoms with Gasteiger partial charge in [0.15, 0.2) is 0 Å². The SMILES string of the molecule is CCC(CC)C(=O)Nc1[nH]ncc1C. The first-order valence-corrected chi connectivity index (χ1v) is 4.99. The first-order valence-electron chi connectivity index (χ1n) is 4.99. The van der Waals surface area contributed by atoms with Crippen LogP contribution in [0, 0.1) is 12.8 Å². The van der Waals surface area contributed by atoms with E-state index in [2.05, 4.69) is 15.5 Å². The highest BCUT2D eigenvalue weighted by Crippen LogP contribution is 2.13. The maximum absolute atomic E-state index is 11.7. The van der Waals surface area contributed by atoms with E-state index in [1.165, 1.54) is 0 Å². The van der Waals surface area contributed by atoms with Crippen molar-refractivity contribution in [3.8, 4) is 0 Å². The second-order valence-electron chi connectivity index (χ2n) is 3.43. The number of aromatic amines is 1. The van der Waals surface area contributed by atoms with Crippen molar-refractivity contribution in [3.05, 3.63) is 11.8 Å². The van der Waals surface area contributed by atoms with E-state index in [1.54, 1.807) is 6.20 Å². The van der Waals surface area contributed by atoms with Gasteiger partial charge in [0.1, 0.15) is 5.82 Å². The number of amides is 1. The minimum absolute atomic E-state index is 0.0716. The first kappa shape index (κ1) is 10.8. The molecule has 78 valence electrons. The molecule has 1 aromatic heterocycles. The molecule has 4 nitrogen and oxygen atoms in total. The van der Waals surface area contributed by atoms with Crippen LogP contribution in [0.1, 0.15) is 32.3 Å². The molecule has 0 unspecified atom stereocenters. The largest absolute Gasteiger partial charge is 0.311 e. The lowest BCUT2D eigenvalue weighted by Gasteiger charge is -2.11. The molecule has 4 heteroatoms. The van der Waals surface area contributed by atoms with Crippen molar-refractivity contribution in [3.63, 3.8) is 0 Å². The van der Waals surface area contributed by atoms with Crippen molar-refractivity contribution in [2.24, 2.45) is 5.92 Å². The number of aromatic nitrogens is 2. The van der Waals surface area contributed by atoms with Crippen LogP contribution >= 0.6 is 0 Å². The molecule has 0 saturated carbocycles. The van der Waals surface area contributed by atoms with Gasteiger partial charge in [-0.2, -0.15) is 5.10 Å². The van der Waals surface area contributed by atoms with Gasteiger partial charge in [0.2, 0.25) is 5.91 Å². The highest BCUT2D eigenvalue weighted by molar-refractivity contribution is 5.92. The lowest BCUT2D eigenvalue weighted by molar-refractivity contribution is -0.120. The molecule has 1 heterocycles. The van der Waals surface area contributed by atoms with Gasteiger partial charge in [-0.05, 0) is 19.8 Å². The van der Waals surface area contributed by atoms with E-state index in [0.717, 1.165) is 18.4 Å². The minimum atomic E-state index is 0.0716. The van der Waals surface area contributed by atoms with Crippen LogP contribution in [0.5, 0.6) is 0 Å². The number of rotatable bonds is 4. The first-order chi connectivity index (χ1) is 6.69. The number of nitrogens with one attached hydrogen (secondary N) is 2. The number of carbonyl (C=O) groups is 1. The van der Waals surface area contributed by atoms with E-state index >= 15 is 0 Å². The van der Waals surface area contributed by atoms with Crippen molar-refractivity contribution in [1.29, 1.82) is 0 Å². The Morgan fingerprint density at radius 3 is 2.64 bits per heavy atom. The van der Waals surface area contributed by atoms with Crippen molar-refractivity contribution in [2.75, 3.05) is 5.32 Å². The second kappa shape index (κ2) is 4.79. The summed E-state index contributed by atoms with van der Waals surface area (Å²) in [4.78, 5) is 11.7. The fourth-order valence-electron chi connectivity index (χ4n) is 1.36. The molecule has 1 rings (SSSR count). The number of anilines is 1. The fourth-order valence-corrected chi connectivity index (χ4v) is 1.36. The van der Waals surface area contributed by atoms with Gasteiger partial charge in [0.05, 0.1) is 6.20 Å². The quantitative estimate of drug-likeness (QED) is 0.772. The van der Waals surface area contributed by atoms with E-state index in [-0.39, 0.29) is 11.8 Å². The zero-order chi connectivity index (χ0) is 10.6. The molecule has 1 amide bonds. The Kier molecular flexibility index (Phi) is 3.68. The maximum Gasteiger partial charge on any atom is 0.228 e. The molecule has 0 atom stereocenters. The molecule has 0 spiro atoms. The highest BCUT2D eigenvalue weighted by atomic mass is 16.1. The molecule has 14 heavy (non-hydrogen) atoms. The molecule has 2 N–H and O–H groups in total. The van der Waals surface area contributed by atoms with Crippen LogP contribution in [0.3, 0.4) is 0 Å². The molecular weight excluding hydrogens is 178 g/mol. The Hall–Kier alpha value is -1.32. The minimum Gasteiger partial charge on any atom is -0.311 e. The molecular formula is C10H17N3O. The Morgan fingerprint density at radius 2 is 2.21 bits per heavy atom. The summed E-state index contributed by atoms with van der Waals surface area (Å²) in [5, 5.41) is 9.44. The van der Waals surface area contributed by atoms with Crippen LogP contribution in [0.15, 0.2) is 6.20 Å². The van der Waals surface area contributed by atoms with Crippen LogP contribution in [0.4, 0.5) is 5.82 Å². The third kappa shape index (κ3) is 2.34. The van der Waals surface area contributed by atoms with Gasteiger partial charge in [-0.1, -0.05) is 13.8 Å². The molecule has 0 aliphatic rings. The molecule has 0 fully saturated rings. The average molecular weight is 195 g/mol. The van der Waals surface area contributed by atoms with Gasteiger partial charge in [-0.3, -0.25) is 9.89 Å². The van der Waals surface area contributed by atoms with E-state index in [9.17, 15) is 4.79 Å². The van der Waals surface area contributed by atoms with Gasteiger partial charge in [0.25, 0.3) is 0 Å². The predicted octanol–water partition coefficient (Wildman–Crippen LogP) is 2.09. The molecule has 0 aromatic carbocycles. The Morgan fingerprint density at radius 1 is 1.57 bits per heavy atom. The van der Waals surface area contributed by atoms with E-state index in [4.69, 9.17) is 0 Å². The third-order valence-corrected chi connectivity index (χ3v) is 2.43. The van der Waals surface area contributed by atoms with Gasteiger partial charge in [-0.25, -0.2) is 0 Å². The van der Waals surface area contributed by atoms with Crippen LogP contribution in [0.25, 0.3) is 0 Å². The summed E-state index contributed by atoms with van der Waals surface area (Å²) in [6, 6.07) is 0. The van der Waals surface area contributed by atoms with Gasteiger partial charge in [-0.15, -0.1) is 0 Å². The van der Waals surface area contributed by atoms with E-state index in [0.29, 0.717) is 5.82 Å². The van der Waals surface area contributed by atoms with Crippen LogP contribution in [-0.2, 0) is 4.79 Å². The average Bonchev–Trinajstić information content (AvgIpc) is 2.54. The van der Waals surface area contributed by atoms with Gasteiger partial charge < -0.3 is 5.32 Å². The summed E-state index contributed by atoms with van der Waals surface area (Å²) in [7, 11) is 0. The molecule has 0 bridgehead atoms. The monoisotopic (exact) mass is 195 g/mol. The topological polar surface area (TPSA) is 57.8 Å². The van der Waals surface area contributed by atoms with E-state index < -0.39 is 0 Å². The lowest BCUT2D eigenvalue weighted by Crippen LogP contribution is -2.22. The van der Waals surface area contributed by atoms with Crippen molar-refractivity contribution < 1.29 is 4.79 Å². The fraction of sp³-hybridized carbons (Fsp3) is 0.600. The van der Waals surface area contributed by atoms with Gasteiger partial charge >= 0.3 is 0 Å². The molecule has 1 aromatic rings. The summed E-state index contributed by atoms with van der Waals surface area (Å²) in [5.41, 5.74) is 0.962. The number of aryl methyl sites for hydroxylation is 1. The zero-order valence-electron chi connectivity index (χ0n) is 8.92. The summed E-state index contributed by atoms with van der Waals surface area (Å²) < 4.78 is 0. The molecule has 0 saturated heterocycles. The lowest BCUT2D eigenvalue weighted by atomic mass is 10.0. The van der Waals surface area contributed by atoms with Crippen LogP contribution < -0.4 is 5.32 Å². The Labute approximate surface area is 84.1 Å². The number of carbonyl (C=O) groups excluding carboxylic acids is 1. The van der Waals surface area contributed by atoms with Crippen molar-refractivity contribution in [2.45, 2.75) is 33.6 Å². The zero-order valence-corrected chi connectivity index (χ0v) is 8.92. The highest BCUT2D eigenvalue weighted by Gasteiger charge is 2.15. The van der Waals surface area contributed by atoms with Gasteiger partial charge in [0, 0.05) is 11.5 Å². The second-order valence-corrected chi connectivity index (χ2v) is 3.43. The summed E-state index contributed by atoms with van der Waals surface area (Å²) in [6.45, 7) is 5.95. The van der Waals surface area contributed by atoms with Crippen LogP contribution in [0.2, 0.25) is 0 Å². The Bertz CT molecular complexity index is 302. The summed E-state index contributed by atoms with van der Waals surface area (Å²) in [6.07, 6.45) is 3.44. The van der Waals surface area contributed by atoms with Crippen molar-refractivity contribution in [1.82, 2.24) is 10.2 Å². The summed E-state index contributed by atoms with van der Waals surface area (Å²) >= 11 is 0. The Balaban J connectivity index is 2.61. The maximum atomic E-state index is 11.7. The standard InChI is InChI=1S/C10H17N3O/c1-4-8(5-2)10(14)12-9-7(3)6-11-13-9/h6,8H,4-5H2,1-3H3,(H2,11,12,13,14). The van der Waals surface area contributed by atoms with Crippen molar-refractivity contribution >= 4 is 11.7 Å². The number of hydrogen-bond acceptors (Lipinski definition) is 2. The number of hydrogen-bond donors (Lipinski definition) is 2. The number of nitrogens with zero attached hydrogens (tertiary/aromatic N) is 1. The smallest absolute Gasteiger partial charge is 0.228 e. The predicted molar refractivity (Wildman–Crippen MR) is 56.0 cm³/mol. The molecule has 0 radical (unpaired) electrons. The van der Waals surface area contributed by atoms with E-state index in [1.807, 2.05) is 20.8 Å².